The van der Waals surface area contributed by atoms with Gasteiger partial charge in [0.2, 0.25) is 0 Å². The van der Waals surface area contributed by atoms with Crippen LogP contribution in [0.1, 0.15) is 47.6 Å². The summed E-state index contributed by atoms with van der Waals surface area (Å²) in [5.74, 6) is 0. The number of nitrogens with zero attached hydrogens (tertiary/aromatic N) is 2. The van der Waals surface area contributed by atoms with Gasteiger partial charge in [0.15, 0.2) is 0 Å². The number of carbonyl (C=O) groups excluding carboxylic acids is 1. The number of nitrogens with one attached hydrogen (secondary N) is 1. The molecular formula is C23H30N4O2S. The van der Waals surface area contributed by atoms with E-state index < -0.39 is 15.9 Å². The van der Waals surface area contributed by atoms with Crippen molar-refractivity contribution in [2.24, 2.45) is 9.50 Å². The van der Waals surface area contributed by atoms with Gasteiger partial charge in [0.05, 0.1) is 4.90 Å². The maximum Gasteiger partial charge on any atom is 0.354 e. The number of aryl methyl sites for hydroxylation is 2. The van der Waals surface area contributed by atoms with Crippen molar-refractivity contribution >= 4 is 21.6 Å². The van der Waals surface area contributed by atoms with E-state index in [-0.39, 0.29) is 0 Å². The van der Waals surface area contributed by atoms with Gasteiger partial charge in [-0.05, 0) is 92.1 Å². The summed E-state index contributed by atoms with van der Waals surface area (Å²) in [6.07, 6.45) is 6.23. The molecule has 7 heteroatoms. The first-order chi connectivity index (χ1) is 14.4. The topological polar surface area (TPSA) is 87.8 Å². The third-order valence-electron chi connectivity index (χ3n) is 6.18. The van der Waals surface area contributed by atoms with Crippen LogP contribution in [0.2, 0.25) is 0 Å². The second kappa shape index (κ2) is 8.49. The molecule has 4 rings (SSSR count). The summed E-state index contributed by atoms with van der Waals surface area (Å²) in [4.78, 5) is 15.2. The zero-order valence-corrected chi connectivity index (χ0v) is 18.6. The molecule has 2 aromatic rings. The lowest BCUT2D eigenvalue weighted by atomic mass is 9.99. The SMILES string of the molecule is CCN(C)Cc1ccc(S(N)(=O)=NC(=O)Nc2c3c(cc4c2CCC4)CCC3)cc1. The highest BCUT2D eigenvalue weighted by Gasteiger charge is 2.25. The third-order valence-corrected chi connectivity index (χ3v) is 7.56. The van der Waals surface area contributed by atoms with Crippen LogP contribution in [0.3, 0.4) is 0 Å². The van der Waals surface area contributed by atoms with Crippen LogP contribution in [0.15, 0.2) is 39.6 Å². The first-order valence-corrected chi connectivity index (χ1v) is 12.2. The molecule has 0 spiro atoms. The minimum atomic E-state index is -3.31. The Morgan fingerprint density at radius 3 is 2.27 bits per heavy atom. The lowest BCUT2D eigenvalue weighted by molar-refractivity contribution is 0.260. The average molecular weight is 427 g/mol. The first-order valence-electron chi connectivity index (χ1n) is 10.7. The Hall–Kier alpha value is -2.22. The van der Waals surface area contributed by atoms with Gasteiger partial charge in [-0.25, -0.2) is 14.1 Å². The van der Waals surface area contributed by atoms with E-state index in [0.29, 0.717) is 4.90 Å². The van der Waals surface area contributed by atoms with Crippen molar-refractivity contribution in [3.05, 3.63) is 58.1 Å². The van der Waals surface area contributed by atoms with Gasteiger partial charge in [-0.15, -0.1) is 4.36 Å². The minimum absolute atomic E-state index is 0.365. The first kappa shape index (κ1) is 21.0. The molecule has 1 unspecified atom stereocenters. The van der Waals surface area contributed by atoms with Gasteiger partial charge in [-0.1, -0.05) is 25.1 Å². The Labute approximate surface area is 179 Å². The number of rotatable bonds is 5. The second-order valence-electron chi connectivity index (χ2n) is 8.30. The lowest BCUT2D eigenvalue weighted by Crippen LogP contribution is -2.19. The number of carbonyl (C=O) groups is 1. The summed E-state index contributed by atoms with van der Waals surface area (Å²) in [7, 11) is -1.27. The molecule has 0 saturated heterocycles. The summed E-state index contributed by atoms with van der Waals surface area (Å²) in [6.45, 7) is 3.83. The van der Waals surface area contributed by atoms with Crippen LogP contribution in [-0.2, 0) is 42.1 Å². The molecule has 0 heterocycles. The van der Waals surface area contributed by atoms with Crippen LogP contribution < -0.4 is 10.5 Å². The lowest BCUT2D eigenvalue weighted by Gasteiger charge is -2.15. The fraction of sp³-hybridized carbons (Fsp3) is 0.435. The highest BCUT2D eigenvalue weighted by atomic mass is 32.2. The molecule has 2 aromatic carbocycles. The number of benzene rings is 2. The molecule has 2 amide bonds. The normalized spacial score (nSPS) is 16.8. The maximum atomic E-state index is 13.0. The predicted molar refractivity (Wildman–Crippen MR) is 121 cm³/mol. The number of amides is 2. The minimum Gasteiger partial charge on any atom is -0.305 e. The van der Waals surface area contributed by atoms with Gasteiger partial charge in [-0.3, -0.25) is 0 Å². The Kier molecular flexibility index (Phi) is 5.95. The standard InChI is InChI=1S/C23H30N4O2S/c1-3-27(2)15-16-10-12-19(13-11-16)30(24,29)26-23(28)25-22-20-8-4-6-17(20)14-18-7-5-9-21(18)22/h10-14H,3-9,15H2,1-2H3,(H3,24,25,26,28,29). The van der Waals surface area contributed by atoms with E-state index >= 15 is 0 Å². The van der Waals surface area contributed by atoms with E-state index in [2.05, 4.69) is 27.6 Å². The zero-order valence-electron chi connectivity index (χ0n) is 17.7. The third kappa shape index (κ3) is 4.29. The largest absolute Gasteiger partial charge is 0.354 e. The Morgan fingerprint density at radius 2 is 1.70 bits per heavy atom. The number of hydrogen-bond acceptors (Lipinski definition) is 3. The van der Waals surface area contributed by atoms with Gasteiger partial charge in [-0.2, -0.15) is 0 Å². The maximum absolute atomic E-state index is 13.0. The number of nitrogens with two attached hydrogens (primary N) is 1. The van der Waals surface area contributed by atoms with Crippen molar-refractivity contribution in [1.82, 2.24) is 4.90 Å². The molecule has 0 fully saturated rings. The van der Waals surface area contributed by atoms with Crippen LogP contribution in [0, 0.1) is 0 Å². The molecule has 0 aromatic heterocycles. The fourth-order valence-corrected chi connectivity index (χ4v) is 5.41. The van der Waals surface area contributed by atoms with Crippen LogP contribution in [0.25, 0.3) is 0 Å². The highest BCUT2D eigenvalue weighted by molar-refractivity contribution is 7.91. The van der Waals surface area contributed by atoms with E-state index in [1.165, 1.54) is 22.3 Å². The van der Waals surface area contributed by atoms with E-state index in [1.807, 2.05) is 19.2 Å². The molecule has 6 nitrogen and oxygen atoms in total. The summed E-state index contributed by atoms with van der Waals surface area (Å²) >= 11 is 0. The molecular weight excluding hydrogens is 396 g/mol. The number of urea groups is 1. The average Bonchev–Trinajstić information content (AvgIpc) is 3.37. The quantitative estimate of drug-likeness (QED) is 0.756. The van der Waals surface area contributed by atoms with E-state index in [9.17, 15) is 9.00 Å². The van der Waals surface area contributed by atoms with Crippen molar-refractivity contribution in [2.45, 2.75) is 56.9 Å². The molecule has 0 bridgehead atoms. The van der Waals surface area contributed by atoms with Crippen LogP contribution in [-0.4, -0.2) is 28.7 Å². The summed E-state index contributed by atoms with van der Waals surface area (Å²) in [6, 6.07) is 8.86. The van der Waals surface area contributed by atoms with Crippen LogP contribution in [0.5, 0.6) is 0 Å². The molecule has 160 valence electrons. The Balaban J connectivity index is 1.57. The van der Waals surface area contributed by atoms with Crippen molar-refractivity contribution in [1.29, 1.82) is 0 Å². The summed E-state index contributed by atoms with van der Waals surface area (Å²) < 4.78 is 16.9. The zero-order chi connectivity index (χ0) is 21.3. The monoisotopic (exact) mass is 426 g/mol. The van der Waals surface area contributed by atoms with Gasteiger partial charge in [0, 0.05) is 12.2 Å². The van der Waals surface area contributed by atoms with Crippen LogP contribution in [0.4, 0.5) is 10.5 Å². The Bertz CT molecular complexity index is 1050. The molecule has 30 heavy (non-hydrogen) atoms. The summed E-state index contributed by atoms with van der Waals surface area (Å²) in [5.41, 5.74) is 7.07. The van der Waals surface area contributed by atoms with Crippen molar-refractivity contribution in [2.75, 3.05) is 18.9 Å². The second-order valence-corrected chi connectivity index (χ2v) is 10.1. The number of fused-ring (bicyclic) bond motifs is 2. The number of hydrogen-bond donors (Lipinski definition) is 2. The molecule has 2 aliphatic rings. The van der Waals surface area contributed by atoms with Crippen molar-refractivity contribution < 1.29 is 9.00 Å². The molecule has 2 aliphatic carbocycles. The van der Waals surface area contributed by atoms with E-state index in [1.54, 1.807) is 12.1 Å². The highest BCUT2D eigenvalue weighted by Crippen LogP contribution is 2.38. The van der Waals surface area contributed by atoms with E-state index in [4.69, 9.17) is 5.14 Å². The van der Waals surface area contributed by atoms with Crippen molar-refractivity contribution in [3.8, 4) is 0 Å². The van der Waals surface area contributed by atoms with Gasteiger partial charge >= 0.3 is 6.03 Å². The van der Waals surface area contributed by atoms with Crippen molar-refractivity contribution in [3.63, 3.8) is 0 Å². The smallest absolute Gasteiger partial charge is 0.305 e. The number of anilines is 1. The molecule has 0 aliphatic heterocycles. The molecule has 0 radical (unpaired) electrons. The van der Waals surface area contributed by atoms with E-state index in [0.717, 1.165) is 62.9 Å². The van der Waals surface area contributed by atoms with Crippen LogP contribution >= 0.6 is 0 Å². The van der Waals surface area contributed by atoms with Gasteiger partial charge < -0.3 is 10.2 Å². The fourth-order valence-electron chi connectivity index (χ4n) is 4.49. The van der Waals surface area contributed by atoms with Gasteiger partial charge in [0.1, 0.15) is 9.92 Å². The Morgan fingerprint density at radius 1 is 1.10 bits per heavy atom. The molecule has 0 saturated carbocycles. The van der Waals surface area contributed by atoms with Gasteiger partial charge in [0.25, 0.3) is 0 Å². The molecule has 3 N–H and O–H groups in total. The predicted octanol–water partition coefficient (Wildman–Crippen LogP) is 4.05. The molecule has 1 atom stereocenters. The summed E-state index contributed by atoms with van der Waals surface area (Å²) in [5, 5.41) is 8.93.